The predicted octanol–water partition coefficient (Wildman–Crippen LogP) is 3.32. The fourth-order valence-corrected chi connectivity index (χ4v) is 2.29. The van der Waals surface area contributed by atoms with Crippen molar-refractivity contribution < 1.29 is 19.0 Å². The van der Waals surface area contributed by atoms with Gasteiger partial charge in [0.1, 0.15) is 22.6 Å². The summed E-state index contributed by atoms with van der Waals surface area (Å²) in [6, 6.07) is 5.47. The van der Waals surface area contributed by atoms with Crippen LogP contribution in [0.1, 0.15) is 26.2 Å². The number of ether oxygens (including phenoxy) is 3. The van der Waals surface area contributed by atoms with E-state index in [2.05, 4.69) is 15.9 Å². The molecule has 19 heavy (non-hydrogen) atoms. The summed E-state index contributed by atoms with van der Waals surface area (Å²) in [5, 5.41) is 0. The molecule has 0 spiro atoms. The molecule has 0 aromatic heterocycles. The first-order chi connectivity index (χ1) is 9.16. The quantitative estimate of drug-likeness (QED) is 0.831. The minimum atomic E-state index is -0.201. The van der Waals surface area contributed by atoms with Gasteiger partial charge in [-0.25, -0.2) is 0 Å². The summed E-state index contributed by atoms with van der Waals surface area (Å²) in [6.07, 6.45) is 2.89. The van der Waals surface area contributed by atoms with E-state index in [-0.39, 0.29) is 18.7 Å². The minimum absolute atomic E-state index is 0.0196. The van der Waals surface area contributed by atoms with Gasteiger partial charge >= 0.3 is 0 Å². The first-order valence-corrected chi connectivity index (χ1v) is 7.15. The highest BCUT2D eigenvalue weighted by Gasteiger charge is 2.17. The second-order valence-electron chi connectivity index (χ2n) is 4.47. The molecule has 1 saturated heterocycles. The number of carbonyl (C=O) groups excluding carboxylic acids is 1. The van der Waals surface area contributed by atoms with E-state index in [9.17, 15) is 4.79 Å². The highest BCUT2D eigenvalue weighted by molar-refractivity contribution is 9.10. The molecule has 2 rings (SSSR count). The van der Waals surface area contributed by atoms with E-state index in [4.69, 9.17) is 14.2 Å². The molecule has 0 N–H and O–H groups in total. The minimum Gasteiger partial charge on any atom is -0.485 e. The molecular weight excluding hydrogens is 312 g/mol. The van der Waals surface area contributed by atoms with Gasteiger partial charge in [-0.3, -0.25) is 4.79 Å². The summed E-state index contributed by atoms with van der Waals surface area (Å²) in [5.74, 6) is 1.25. The van der Waals surface area contributed by atoms with Crippen LogP contribution in [0.15, 0.2) is 22.7 Å². The maximum atomic E-state index is 10.9. The molecule has 4 nitrogen and oxygen atoms in total. The van der Waals surface area contributed by atoms with Crippen LogP contribution in [-0.4, -0.2) is 25.3 Å². The van der Waals surface area contributed by atoms with E-state index in [0.29, 0.717) is 16.0 Å². The predicted molar refractivity (Wildman–Crippen MR) is 74.5 cm³/mol. The van der Waals surface area contributed by atoms with E-state index >= 15 is 0 Å². The number of ketones is 1. The number of carbonyl (C=O) groups is 1. The van der Waals surface area contributed by atoms with Crippen molar-refractivity contribution in [1.82, 2.24) is 0 Å². The van der Waals surface area contributed by atoms with Crippen molar-refractivity contribution >= 4 is 21.7 Å². The lowest BCUT2D eigenvalue weighted by atomic mass is 10.2. The zero-order chi connectivity index (χ0) is 13.7. The molecule has 0 saturated carbocycles. The molecule has 1 aromatic carbocycles. The van der Waals surface area contributed by atoms with Crippen LogP contribution in [0.25, 0.3) is 0 Å². The summed E-state index contributed by atoms with van der Waals surface area (Å²) in [6.45, 7) is 2.29. The van der Waals surface area contributed by atoms with Crippen LogP contribution in [0.4, 0.5) is 0 Å². The Balaban J connectivity index is 2.03. The molecule has 0 amide bonds. The summed E-state index contributed by atoms with van der Waals surface area (Å²) < 4.78 is 17.5. The van der Waals surface area contributed by atoms with Gasteiger partial charge in [-0.05, 0) is 47.8 Å². The molecule has 1 aliphatic rings. The number of Topliss-reactive ketones (excluding diaryl/α,β-unsaturated/α-hetero) is 1. The second-order valence-corrected chi connectivity index (χ2v) is 5.27. The molecule has 104 valence electrons. The molecule has 0 bridgehead atoms. The lowest BCUT2D eigenvalue weighted by Crippen LogP contribution is -2.25. The molecule has 1 aliphatic heterocycles. The summed E-state index contributed by atoms with van der Waals surface area (Å²) in [5.41, 5.74) is 0. The molecule has 1 aromatic rings. The molecule has 0 aliphatic carbocycles. The Hall–Kier alpha value is -1.07. The van der Waals surface area contributed by atoms with Crippen LogP contribution in [0, 0.1) is 0 Å². The Morgan fingerprint density at radius 1 is 1.42 bits per heavy atom. The largest absolute Gasteiger partial charge is 0.485 e. The average Bonchev–Trinajstić information content (AvgIpc) is 2.41. The molecule has 1 atom stereocenters. The van der Waals surface area contributed by atoms with Crippen LogP contribution in [0.3, 0.4) is 0 Å². The van der Waals surface area contributed by atoms with Crippen molar-refractivity contribution in [3.05, 3.63) is 22.7 Å². The SMILES string of the molecule is CC(=O)COc1cccc(OC2CCCCO2)c1Br. The van der Waals surface area contributed by atoms with Gasteiger partial charge in [0.25, 0.3) is 0 Å². The molecule has 0 radical (unpaired) electrons. The highest BCUT2D eigenvalue weighted by atomic mass is 79.9. The number of halogens is 1. The highest BCUT2D eigenvalue weighted by Crippen LogP contribution is 2.35. The maximum Gasteiger partial charge on any atom is 0.199 e. The van der Waals surface area contributed by atoms with Crippen molar-refractivity contribution in [3.8, 4) is 11.5 Å². The lowest BCUT2D eigenvalue weighted by Gasteiger charge is -2.24. The van der Waals surface area contributed by atoms with Crippen LogP contribution in [-0.2, 0) is 9.53 Å². The Morgan fingerprint density at radius 3 is 2.89 bits per heavy atom. The smallest absolute Gasteiger partial charge is 0.199 e. The van der Waals surface area contributed by atoms with Crippen LogP contribution in [0.2, 0.25) is 0 Å². The number of hydrogen-bond donors (Lipinski definition) is 0. The zero-order valence-electron chi connectivity index (χ0n) is 10.9. The van der Waals surface area contributed by atoms with Crippen LogP contribution in [0.5, 0.6) is 11.5 Å². The number of benzene rings is 1. The van der Waals surface area contributed by atoms with E-state index in [1.807, 2.05) is 12.1 Å². The van der Waals surface area contributed by atoms with E-state index in [1.54, 1.807) is 6.07 Å². The Bertz CT molecular complexity index is 441. The molecule has 5 heteroatoms. The van der Waals surface area contributed by atoms with Gasteiger partial charge in [-0.1, -0.05) is 6.07 Å². The number of rotatable bonds is 5. The molecule has 1 unspecified atom stereocenters. The summed E-state index contributed by atoms with van der Waals surface area (Å²) >= 11 is 3.44. The van der Waals surface area contributed by atoms with E-state index in [0.717, 1.165) is 25.9 Å². The molecule has 1 heterocycles. The van der Waals surface area contributed by atoms with Gasteiger partial charge < -0.3 is 14.2 Å². The Morgan fingerprint density at radius 2 is 2.21 bits per heavy atom. The summed E-state index contributed by atoms with van der Waals surface area (Å²) in [7, 11) is 0. The molecule has 1 fully saturated rings. The van der Waals surface area contributed by atoms with E-state index < -0.39 is 0 Å². The second kappa shape index (κ2) is 6.91. The molecular formula is C14H17BrO4. The van der Waals surface area contributed by atoms with Crippen LogP contribution >= 0.6 is 15.9 Å². The van der Waals surface area contributed by atoms with Gasteiger partial charge in [0.05, 0.1) is 6.61 Å². The normalized spacial score (nSPS) is 18.9. The van der Waals surface area contributed by atoms with Crippen molar-refractivity contribution in [1.29, 1.82) is 0 Å². The van der Waals surface area contributed by atoms with Gasteiger partial charge in [0.15, 0.2) is 12.1 Å². The van der Waals surface area contributed by atoms with E-state index in [1.165, 1.54) is 6.92 Å². The third-order valence-electron chi connectivity index (χ3n) is 2.76. The van der Waals surface area contributed by atoms with Crippen molar-refractivity contribution in [3.63, 3.8) is 0 Å². The maximum absolute atomic E-state index is 10.9. The standard InChI is InChI=1S/C14H17BrO4/c1-10(16)9-18-11-5-4-6-12(14(11)15)19-13-7-2-3-8-17-13/h4-6,13H,2-3,7-9H2,1H3. The first kappa shape index (κ1) is 14.3. The van der Waals surface area contributed by atoms with Crippen LogP contribution < -0.4 is 9.47 Å². The Kier molecular flexibility index (Phi) is 5.22. The first-order valence-electron chi connectivity index (χ1n) is 6.36. The van der Waals surface area contributed by atoms with Crippen molar-refractivity contribution in [2.75, 3.05) is 13.2 Å². The van der Waals surface area contributed by atoms with Gasteiger partial charge in [0, 0.05) is 6.42 Å². The fourth-order valence-electron chi connectivity index (χ4n) is 1.82. The monoisotopic (exact) mass is 328 g/mol. The Labute approximate surface area is 121 Å². The topological polar surface area (TPSA) is 44.8 Å². The lowest BCUT2D eigenvalue weighted by molar-refractivity contribution is -0.119. The summed E-state index contributed by atoms with van der Waals surface area (Å²) in [4.78, 5) is 10.9. The van der Waals surface area contributed by atoms with Crippen molar-refractivity contribution in [2.45, 2.75) is 32.5 Å². The van der Waals surface area contributed by atoms with Gasteiger partial charge in [0.2, 0.25) is 0 Å². The third-order valence-corrected chi connectivity index (χ3v) is 3.54. The van der Waals surface area contributed by atoms with Gasteiger partial charge in [-0.15, -0.1) is 0 Å². The fraction of sp³-hybridized carbons (Fsp3) is 0.500. The zero-order valence-corrected chi connectivity index (χ0v) is 12.4. The number of hydrogen-bond acceptors (Lipinski definition) is 4. The third kappa shape index (κ3) is 4.21. The average molecular weight is 329 g/mol. The van der Waals surface area contributed by atoms with Gasteiger partial charge in [-0.2, -0.15) is 0 Å². The van der Waals surface area contributed by atoms with Crippen molar-refractivity contribution in [2.24, 2.45) is 0 Å².